The quantitative estimate of drug-likeness (QED) is 0.779. The van der Waals surface area contributed by atoms with E-state index >= 15 is 0 Å². The van der Waals surface area contributed by atoms with Gasteiger partial charge in [-0.1, -0.05) is 0 Å². The maximum absolute atomic E-state index is 13.1. The molecule has 7 nitrogen and oxygen atoms in total. The van der Waals surface area contributed by atoms with Crippen LogP contribution in [0.5, 0.6) is 0 Å². The highest BCUT2D eigenvalue weighted by atomic mass is 32.2. The van der Waals surface area contributed by atoms with Crippen molar-refractivity contribution < 1.29 is 17.9 Å². The normalized spacial score (nSPS) is 21.6. The fourth-order valence-electron chi connectivity index (χ4n) is 4.29. The molecule has 1 unspecified atom stereocenters. The third kappa shape index (κ3) is 4.20. The lowest BCUT2D eigenvalue weighted by Crippen LogP contribution is -2.44. The highest BCUT2D eigenvalue weighted by Gasteiger charge is 2.32. The minimum absolute atomic E-state index is 0.0138. The van der Waals surface area contributed by atoms with Gasteiger partial charge >= 0.3 is 0 Å². The number of rotatable bonds is 6. The molecule has 1 aromatic heterocycles. The summed E-state index contributed by atoms with van der Waals surface area (Å²) in [6, 6.07) is 7.25. The zero-order valence-corrected chi connectivity index (χ0v) is 17.7. The number of nitrogens with one attached hydrogen (secondary N) is 1. The number of hydrogen-bond donors (Lipinski definition) is 1. The third-order valence-corrected chi connectivity index (χ3v) is 7.97. The van der Waals surface area contributed by atoms with E-state index in [0.717, 1.165) is 36.9 Å². The summed E-state index contributed by atoms with van der Waals surface area (Å²) < 4.78 is 35.3. The maximum atomic E-state index is 13.1. The van der Waals surface area contributed by atoms with Crippen LogP contribution >= 0.6 is 0 Å². The molecular weight excluding hydrogens is 390 g/mol. The molecule has 0 radical (unpaired) electrons. The van der Waals surface area contributed by atoms with Gasteiger partial charge in [0.2, 0.25) is 15.9 Å². The summed E-state index contributed by atoms with van der Waals surface area (Å²) in [7, 11) is -3.55. The first-order chi connectivity index (χ1) is 14.0. The largest absolute Gasteiger partial charge is 0.376 e. The van der Waals surface area contributed by atoms with Gasteiger partial charge in [0.05, 0.1) is 11.0 Å². The van der Waals surface area contributed by atoms with Crippen LogP contribution in [-0.2, 0) is 26.1 Å². The molecular formula is C21H29N3O4S. The number of amides is 1. The summed E-state index contributed by atoms with van der Waals surface area (Å²) in [5.41, 5.74) is 1.04. The van der Waals surface area contributed by atoms with Gasteiger partial charge < -0.3 is 14.6 Å². The molecule has 2 aliphatic heterocycles. The summed E-state index contributed by atoms with van der Waals surface area (Å²) in [4.78, 5) is 12.7. The predicted octanol–water partition coefficient (Wildman–Crippen LogP) is 2.36. The number of ether oxygens (including phenoxy) is 1. The second-order valence-corrected chi connectivity index (χ2v) is 9.82. The van der Waals surface area contributed by atoms with Gasteiger partial charge in [-0.2, -0.15) is 4.31 Å². The molecule has 8 heteroatoms. The van der Waals surface area contributed by atoms with Crippen molar-refractivity contribution in [1.29, 1.82) is 0 Å². The van der Waals surface area contributed by atoms with Crippen molar-refractivity contribution in [2.24, 2.45) is 5.92 Å². The molecule has 2 saturated heterocycles. The Hall–Kier alpha value is -1.90. The minimum atomic E-state index is -3.55. The first-order valence-electron chi connectivity index (χ1n) is 10.5. The molecule has 2 fully saturated rings. The molecule has 0 spiro atoms. The van der Waals surface area contributed by atoms with Gasteiger partial charge in [-0.3, -0.25) is 4.79 Å². The zero-order valence-electron chi connectivity index (χ0n) is 16.8. The fraction of sp³-hybridized carbons (Fsp3) is 0.571. The molecule has 1 N–H and O–H groups in total. The number of aryl methyl sites for hydroxylation is 1. The lowest BCUT2D eigenvalue weighted by Gasteiger charge is -2.30. The predicted molar refractivity (Wildman–Crippen MR) is 111 cm³/mol. The second kappa shape index (κ2) is 8.45. The Morgan fingerprint density at radius 3 is 2.69 bits per heavy atom. The number of carbonyl (C=O) groups excluding carboxylic acids is 1. The average Bonchev–Trinajstić information content (AvgIpc) is 3.41. The van der Waals surface area contributed by atoms with Gasteiger partial charge in [0.1, 0.15) is 0 Å². The topological polar surface area (TPSA) is 80.6 Å². The Bertz CT molecular complexity index is 971. The van der Waals surface area contributed by atoms with Crippen LogP contribution in [0.1, 0.15) is 32.6 Å². The molecule has 1 amide bonds. The van der Waals surface area contributed by atoms with E-state index in [1.165, 1.54) is 4.31 Å². The average molecular weight is 420 g/mol. The van der Waals surface area contributed by atoms with E-state index in [1.807, 2.05) is 18.3 Å². The summed E-state index contributed by atoms with van der Waals surface area (Å²) in [5.74, 6) is -0.121. The fourth-order valence-corrected chi connectivity index (χ4v) is 5.79. The van der Waals surface area contributed by atoms with Gasteiger partial charge in [0.25, 0.3) is 0 Å². The van der Waals surface area contributed by atoms with Crippen molar-refractivity contribution in [3.63, 3.8) is 0 Å². The van der Waals surface area contributed by atoms with Gasteiger partial charge in [-0.05, 0) is 56.9 Å². The monoisotopic (exact) mass is 419 g/mol. The summed E-state index contributed by atoms with van der Waals surface area (Å²) in [5, 5.41) is 3.90. The Kier molecular flexibility index (Phi) is 5.94. The van der Waals surface area contributed by atoms with Crippen LogP contribution in [0.4, 0.5) is 0 Å². The minimum Gasteiger partial charge on any atom is -0.376 e. The smallest absolute Gasteiger partial charge is 0.243 e. The zero-order chi connectivity index (χ0) is 20.4. The van der Waals surface area contributed by atoms with Crippen molar-refractivity contribution in [2.75, 3.05) is 26.2 Å². The summed E-state index contributed by atoms with van der Waals surface area (Å²) in [6.07, 6.45) is 5.23. The Morgan fingerprint density at radius 1 is 1.21 bits per heavy atom. The van der Waals surface area contributed by atoms with Gasteiger partial charge in [0, 0.05) is 55.8 Å². The third-order valence-electron chi connectivity index (χ3n) is 6.07. The van der Waals surface area contributed by atoms with E-state index < -0.39 is 10.0 Å². The number of aromatic nitrogens is 1. The standard InChI is InChI=1S/C21H29N3O4S/c1-2-23-10-7-17-14-19(5-6-20(17)23)29(26,27)24-11-8-16(9-12-24)21(25)22-15-18-4-3-13-28-18/h5-7,10,14,16,18H,2-4,8-9,11-13,15H2,1H3,(H,22,25). The van der Waals surface area contributed by atoms with E-state index in [2.05, 4.69) is 16.8 Å². The number of nitrogens with zero attached hydrogens (tertiary/aromatic N) is 2. The summed E-state index contributed by atoms with van der Waals surface area (Å²) in [6.45, 7) is 4.96. The van der Waals surface area contributed by atoms with Crippen molar-refractivity contribution >= 4 is 26.8 Å². The van der Waals surface area contributed by atoms with Crippen LogP contribution in [0.3, 0.4) is 0 Å². The van der Waals surface area contributed by atoms with E-state index in [1.54, 1.807) is 12.1 Å². The van der Waals surface area contributed by atoms with E-state index in [9.17, 15) is 13.2 Å². The number of hydrogen-bond acceptors (Lipinski definition) is 4. The van der Waals surface area contributed by atoms with Crippen LogP contribution in [0, 0.1) is 5.92 Å². The van der Waals surface area contributed by atoms with Crippen LogP contribution < -0.4 is 5.32 Å². The first kappa shape index (κ1) is 20.4. The van der Waals surface area contributed by atoms with Crippen molar-refractivity contribution in [1.82, 2.24) is 14.2 Å². The van der Waals surface area contributed by atoms with E-state index in [4.69, 9.17) is 4.74 Å². The van der Waals surface area contributed by atoms with Crippen molar-refractivity contribution in [3.8, 4) is 0 Å². The first-order valence-corrected chi connectivity index (χ1v) is 11.9. The molecule has 29 heavy (non-hydrogen) atoms. The molecule has 0 aliphatic carbocycles. The molecule has 4 rings (SSSR count). The van der Waals surface area contributed by atoms with Gasteiger partial charge in [0.15, 0.2) is 0 Å². The van der Waals surface area contributed by atoms with Crippen LogP contribution in [0.15, 0.2) is 35.4 Å². The number of fused-ring (bicyclic) bond motifs is 1. The molecule has 2 aliphatic rings. The Morgan fingerprint density at radius 2 is 2.00 bits per heavy atom. The number of carbonyl (C=O) groups is 1. The number of piperidine rings is 1. The molecule has 3 heterocycles. The highest BCUT2D eigenvalue weighted by molar-refractivity contribution is 7.89. The highest BCUT2D eigenvalue weighted by Crippen LogP contribution is 2.27. The molecule has 2 aromatic rings. The van der Waals surface area contributed by atoms with Crippen molar-refractivity contribution in [3.05, 3.63) is 30.5 Å². The van der Waals surface area contributed by atoms with Crippen LogP contribution in [0.25, 0.3) is 10.9 Å². The lowest BCUT2D eigenvalue weighted by atomic mass is 9.97. The lowest BCUT2D eigenvalue weighted by molar-refractivity contribution is -0.126. The molecule has 0 bridgehead atoms. The van der Waals surface area contributed by atoms with Gasteiger partial charge in [-0.15, -0.1) is 0 Å². The molecule has 0 saturated carbocycles. The SMILES string of the molecule is CCn1ccc2cc(S(=O)(=O)N3CCC(C(=O)NCC4CCCO4)CC3)ccc21. The van der Waals surface area contributed by atoms with E-state index in [-0.39, 0.29) is 17.9 Å². The molecule has 158 valence electrons. The summed E-state index contributed by atoms with van der Waals surface area (Å²) >= 11 is 0. The molecule has 1 atom stereocenters. The second-order valence-electron chi connectivity index (χ2n) is 7.88. The maximum Gasteiger partial charge on any atom is 0.243 e. The Labute approximate surface area is 172 Å². The van der Waals surface area contributed by atoms with Crippen LogP contribution in [0.2, 0.25) is 0 Å². The molecule has 1 aromatic carbocycles. The Balaban J connectivity index is 1.37. The van der Waals surface area contributed by atoms with Crippen molar-refractivity contribution in [2.45, 2.75) is 50.2 Å². The van der Waals surface area contributed by atoms with E-state index in [0.29, 0.717) is 37.4 Å². The number of benzene rings is 1. The van der Waals surface area contributed by atoms with Crippen LogP contribution in [-0.4, -0.2) is 55.5 Å². The van der Waals surface area contributed by atoms with Gasteiger partial charge in [-0.25, -0.2) is 8.42 Å². The number of sulfonamides is 1.